The molecule has 3 aromatic carbocycles. The maximum atomic E-state index is 14.0. The number of thiazole rings is 1. The Bertz CT molecular complexity index is 1980. The number of aryl methyl sites for hydroxylation is 1. The number of halogens is 4. The monoisotopic (exact) mass is 682 g/mol. The van der Waals surface area contributed by atoms with Gasteiger partial charge >= 0.3 is 11.0 Å². The number of anilines is 1. The van der Waals surface area contributed by atoms with Crippen LogP contribution in [-0.2, 0) is 22.4 Å². The Morgan fingerprint density at radius 2 is 1.74 bits per heavy atom. The van der Waals surface area contributed by atoms with Gasteiger partial charge in [-0.05, 0) is 73.1 Å². The zero-order valence-corrected chi connectivity index (χ0v) is 26.6. The topological polar surface area (TPSA) is 79.5 Å². The zero-order valence-electron chi connectivity index (χ0n) is 24.2. The lowest BCUT2D eigenvalue weighted by Gasteiger charge is -2.43. The van der Waals surface area contributed by atoms with Crippen molar-refractivity contribution >= 4 is 52.2 Å². The predicted octanol–water partition coefficient (Wildman–Crippen LogP) is 7.67. The average molecular weight is 683 g/mol. The van der Waals surface area contributed by atoms with E-state index < -0.39 is 35.4 Å². The zero-order chi connectivity index (χ0) is 32.1. The lowest BCUT2D eigenvalue weighted by molar-refractivity contribution is -0.137. The molecule has 1 saturated heterocycles. The number of rotatable bonds is 5. The van der Waals surface area contributed by atoms with Crippen LogP contribution in [0.25, 0.3) is 0 Å². The Morgan fingerprint density at radius 1 is 0.978 bits per heavy atom. The minimum absolute atomic E-state index is 0.0593. The molecule has 4 aromatic rings. The van der Waals surface area contributed by atoms with E-state index in [-0.39, 0.29) is 39.5 Å². The molecule has 1 aromatic heterocycles. The number of imide groups is 1. The Morgan fingerprint density at radius 3 is 2.50 bits per heavy atom. The molecule has 2 bridgehead atoms. The van der Waals surface area contributed by atoms with Crippen molar-refractivity contribution in [3.8, 4) is 5.75 Å². The van der Waals surface area contributed by atoms with E-state index in [0.717, 1.165) is 55.0 Å². The molecule has 4 aliphatic rings. The molecule has 8 rings (SSSR count). The number of hydrogen-bond donors (Lipinski definition) is 1. The summed E-state index contributed by atoms with van der Waals surface area (Å²) in [6, 6.07) is 17.9. The first-order chi connectivity index (χ1) is 22.0. The van der Waals surface area contributed by atoms with Crippen LogP contribution in [-0.4, -0.2) is 22.0 Å². The van der Waals surface area contributed by atoms with Gasteiger partial charge in [0.2, 0.25) is 11.8 Å². The van der Waals surface area contributed by atoms with Gasteiger partial charge in [0.1, 0.15) is 12.4 Å². The van der Waals surface area contributed by atoms with Crippen LogP contribution in [0, 0.1) is 36.5 Å². The fourth-order valence-corrected chi connectivity index (χ4v) is 11.4. The molecule has 3 heterocycles. The number of amides is 2. The minimum Gasteiger partial charge on any atom is -0.489 e. The second kappa shape index (κ2) is 10.7. The van der Waals surface area contributed by atoms with Crippen LogP contribution >= 0.6 is 34.7 Å². The molecule has 0 spiro atoms. The maximum absolute atomic E-state index is 14.0. The number of ether oxygens (including phenoxy) is 1. The SMILES string of the molecule is Cc1cccc(COc2ccc(Cl)cc2C2c3sc(=O)[nH]c3SC3C2[C@H]2C[C@@H]3C3C(=O)N(c4cccc(C(F)(F)F)c4)C(=O)C32)c1. The molecule has 46 heavy (non-hydrogen) atoms. The van der Waals surface area contributed by atoms with Gasteiger partial charge in [0.15, 0.2) is 0 Å². The highest BCUT2D eigenvalue weighted by atomic mass is 35.5. The number of aromatic nitrogens is 1. The van der Waals surface area contributed by atoms with E-state index in [1.54, 1.807) is 6.07 Å². The van der Waals surface area contributed by atoms with Gasteiger partial charge in [0, 0.05) is 26.6 Å². The first-order valence-corrected chi connectivity index (χ1v) is 17.0. The molecule has 236 valence electrons. The van der Waals surface area contributed by atoms with Gasteiger partial charge in [-0.1, -0.05) is 58.8 Å². The normalized spacial score (nSPS) is 27.9. The van der Waals surface area contributed by atoms with Crippen molar-refractivity contribution in [1.82, 2.24) is 4.98 Å². The van der Waals surface area contributed by atoms with Crippen LogP contribution in [0.1, 0.15) is 39.5 Å². The number of alkyl halides is 3. The highest BCUT2D eigenvalue weighted by molar-refractivity contribution is 8.00. The molecule has 5 unspecified atom stereocenters. The third-order valence-electron chi connectivity index (χ3n) is 9.94. The largest absolute Gasteiger partial charge is 0.489 e. The van der Waals surface area contributed by atoms with E-state index in [1.165, 1.54) is 23.9 Å². The number of nitrogens with one attached hydrogen (secondary N) is 1. The lowest BCUT2D eigenvalue weighted by Crippen LogP contribution is -2.42. The molecule has 2 saturated carbocycles. The fourth-order valence-electron chi connectivity index (χ4n) is 8.30. The Balaban J connectivity index is 1.19. The molecule has 7 atom stereocenters. The van der Waals surface area contributed by atoms with Gasteiger partial charge in [-0.25, -0.2) is 0 Å². The molecule has 12 heteroatoms. The average Bonchev–Trinajstić information content (AvgIpc) is 3.75. The number of hydrogen-bond acceptors (Lipinski definition) is 6. The molecule has 2 amide bonds. The third kappa shape index (κ3) is 4.65. The second-order valence-corrected chi connectivity index (χ2v) is 15.1. The van der Waals surface area contributed by atoms with Gasteiger partial charge < -0.3 is 9.72 Å². The van der Waals surface area contributed by atoms with Crippen molar-refractivity contribution in [2.45, 2.75) is 42.3 Å². The summed E-state index contributed by atoms with van der Waals surface area (Å²) in [6.07, 6.45) is -3.97. The molecule has 6 nitrogen and oxygen atoms in total. The highest BCUT2D eigenvalue weighted by Gasteiger charge is 2.70. The first kappa shape index (κ1) is 29.8. The Labute approximate surface area is 274 Å². The number of aromatic amines is 1. The molecule has 1 N–H and O–H groups in total. The summed E-state index contributed by atoms with van der Waals surface area (Å²) in [6.45, 7) is 2.33. The lowest BCUT2D eigenvalue weighted by atomic mass is 9.68. The number of thioether (sulfide) groups is 1. The second-order valence-electron chi connectivity index (χ2n) is 12.5. The summed E-state index contributed by atoms with van der Waals surface area (Å²) in [4.78, 5) is 45.3. The summed E-state index contributed by atoms with van der Waals surface area (Å²) in [5.74, 6) is -2.47. The number of nitrogens with zero attached hydrogens (tertiary/aromatic N) is 1. The smallest absolute Gasteiger partial charge is 0.416 e. The van der Waals surface area contributed by atoms with Crippen LogP contribution in [0.5, 0.6) is 5.75 Å². The minimum atomic E-state index is -4.61. The first-order valence-electron chi connectivity index (χ1n) is 14.9. The van der Waals surface area contributed by atoms with Gasteiger partial charge in [0.25, 0.3) is 0 Å². The van der Waals surface area contributed by atoms with Gasteiger partial charge in [-0.2, -0.15) is 13.2 Å². The molecular formula is C34H26ClF3N2O4S2. The van der Waals surface area contributed by atoms with E-state index in [2.05, 4.69) is 4.98 Å². The Kier molecular flexibility index (Phi) is 6.97. The van der Waals surface area contributed by atoms with Gasteiger partial charge in [0.05, 0.1) is 28.1 Å². The molecule has 2 aliphatic carbocycles. The van der Waals surface area contributed by atoms with Crippen LogP contribution in [0.2, 0.25) is 5.02 Å². The highest BCUT2D eigenvalue weighted by Crippen LogP contribution is 2.69. The summed E-state index contributed by atoms with van der Waals surface area (Å²) < 4.78 is 47.0. The number of carbonyl (C=O) groups excluding carboxylic acids is 2. The van der Waals surface area contributed by atoms with Crippen molar-refractivity contribution in [3.05, 3.63) is 109 Å². The number of benzene rings is 3. The maximum Gasteiger partial charge on any atom is 0.416 e. The quantitative estimate of drug-likeness (QED) is 0.219. The standard InChI is InChI=1S/C34H26ClF3N2O4S2/c1-15-4-2-5-16(10-15)14-44-23-9-8-18(35)12-20(23)24-25-21-13-22(28(25)45-30-29(24)46-33(43)39-30)27-26(21)31(41)40(32(27)42)19-7-3-6-17(11-19)34(36,37)38/h2-12,21-22,24-28H,13-14H2,1H3,(H,39,43)/t21-,22-,24?,25?,26?,27?,28?/m1/s1. The fraction of sp³-hybridized carbons (Fsp3) is 0.324. The van der Waals surface area contributed by atoms with Crippen LogP contribution < -0.4 is 14.5 Å². The van der Waals surface area contributed by atoms with Crippen molar-refractivity contribution in [1.29, 1.82) is 0 Å². The van der Waals surface area contributed by atoms with Crippen molar-refractivity contribution in [2.24, 2.45) is 29.6 Å². The van der Waals surface area contributed by atoms with Crippen molar-refractivity contribution < 1.29 is 27.5 Å². The summed E-state index contributed by atoms with van der Waals surface area (Å²) in [7, 11) is 0. The van der Waals surface area contributed by atoms with Crippen molar-refractivity contribution in [2.75, 3.05) is 4.90 Å². The summed E-state index contributed by atoms with van der Waals surface area (Å²) >= 11 is 9.25. The van der Waals surface area contributed by atoms with Gasteiger partial charge in [-0.3, -0.25) is 19.3 Å². The molecule has 0 radical (unpaired) electrons. The van der Waals surface area contributed by atoms with E-state index in [4.69, 9.17) is 16.3 Å². The van der Waals surface area contributed by atoms with E-state index >= 15 is 0 Å². The number of H-pyrrole nitrogens is 1. The van der Waals surface area contributed by atoms with E-state index in [9.17, 15) is 27.6 Å². The number of fused-ring (bicyclic) bond motifs is 9. The van der Waals surface area contributed by atoms with Crippen LogP contribution in [0.4, 0.5) is 18.9 Å². The van der Waals surface area contributed by atoms with E-state index in [1.807, 2.05) is 43.3 Å². The van der Waals surface area contributed by atoms with Gasteiger partial charge in [-0.15, -0.1) is 11.8 Å². The summed E-state index contributed by atoms with van der Waals surface area (Å²) in [5, 5.41) is 1.14. The summed E-state index contributed by atoms with van der Waals surface area (Å²) in [5.41, 5.74) is 1.94. The molecule has 2 aliphatic heterocycles. The third-order valence-corrected chi connectivity index (χ3v) is 12.8. The van der Waals surface area contributed by atoms with Crippen LogP contribution in [0.15, 0.2) is 76.6 Å². The van der Waals surface area contributed by atoms with Crippen molar-refractivity contribution in [3.63, 3.8) is 0 Å². The Hall–Kier alpha value is -3.54. The number of carbonyl (C=O) groups is 2. The van der Waals surface area contributed by atoms with Crippen LogP contribution in [0.3, 0.4) is 0 Å². The predicted molar refractivity (Wildman–Crippen MR) is 169 cm³/mol. The molecular weight excluding hydrogens is 657 g/mol. The molecule has 3 fully saturated rings. The van der Waals surface area contributed by atoms with E-state index in [0.29, 0.717) is 23.8 Å².